The number of carbonyl (C=O) groups is 1. The van der Waals surface area contributed by atoms with Gasteiger partial charge in [-0.1, -0.05) is 32.9 Å². The fraction of sp³-hybridized carbons (Fsp3) is 0.500. The molecule has 1 aromatic rings. The molecule has 0 spiro atoms. The molecular formula is C14H21NO4S. The van der Waals surface area contributed by atoms with Gasteiger partial charge >= 0.3 is 5.97 Å². The summed E-state index contributed by atoms with van der Waals surface area (Å²) in [6.45, 7) is 5.74. The van der Waals surface area contributed by atoms with Gasteiger partial charge in [-0.25, -0.2) is 8.42 Å². The van der Waals surface area contributed by atoms with Crippen LogP contribution in [0.25, 0.3) is 0 Å². The fourth-order valence-electron chi connectivity index (χ4n) is 1.85. The van der Waals surface area contributed by atoms with Gasteiger partial charge in [0.05, 0.1) is 17.0 Å². The first kappa shape index (κ1) is 16.5. The van der Waals surface area contributed by atoms with Crippen LogP contribution in [0.5, 0.6) is 0 Å². The highest BCUT2D eigenvalue weighted by molar-refractivity contribution is 7.90. The summed E-state index contributed by atoms with van der Waals surface area (Å²) in [5, 5.41) is 12.1. The Hall–Kier alpha value is -1.56. The third-order valence-electron chi connectivity index (χ3n) is 3.04. The van der Waals surface area contributed by atoms with E-state index < -0.39 is 15.8 Å². The smallest absolute Gasteiger partial charge is 0.305 e. The van der Waals surface area contributed by atoms with Crippen molar-refractivity contribution in [2.45, 2.75) is 38.1 Å². The van der Waals surface area contributed by atoms with Gasteiger partial charge in [0.15, 0.2) is 9.84 Å². The molecule has 1 aromatic carbocycles. The van der Waals surface area contributed by atoms with Crippen LogP contribution in [-0.4, -0.2) is 31.8 Å². The van der Waals surface area contributed by atoms with Crippen LogP contribution in [0.4, 0.5) is 5.69 Å². The normalized spacial score (nSPS) is 13.8. The molecule has 0 heterocycles. The summed E-state index contributed by atoms with van der Waals surface area (Å²) in [6, 6.07) is 6.15. The number of hydrogen-bond acceptors (Lipinski definition) is 4. The van der Waals surface area contributed by atoms with E-state index in [1.807, 2.05) is 20.8 Å². The maximum atomic E-state index is 11.8. The molecule has 5 nitrogen and oxygen atoms in total. The summed E-state index contributed by atoms with van der Waals surface area (Å²) in [5.41, 5.74) is 0.124. The number of rotatable bonds is 5. The molecule has 1 rings (SSSR count). The first-order valence-electron chi connectivity index (χ1n) is 6.29. The molecule has 2 N–H and O–H groups in total. The second-order valence-electron chi connectivity index (χ2n) is 5.93. The van der Waals surface area contributed by atoms with Crippen LogP contribution in [0.15, 0.2) is 29.2 Å². The fourth-order valence-corrected chi connectivity index (χ4v) is 2.70. The minimum atomic E-state index is -3.36. The molecule has 0 radical (unpaired) electrons. The number of benzene rings is 1. The van der Waals surface area contributed by atoms with Crippen LogP contribution in [0.2, 0.25) is 0 Å². The van der Waals surface area contributed by atoms with Gasteiger partial charge in [-0.2, -0.15) is 0 Å². The van der Waals surface area contributed by atoms with Gasteiger partial charge < -0.3 is 10.4 Å². The second kappa shape index (κ2) is 5.83. The second-order valence-corrected chi connectivity index (χ2v) is 7.91. The lowest BCUT2D eigenvalue weighted by molar-refractivity contribution is -0.137. The van der Waals surface area contributed by atoms with Crippen molar-refractivity contribution in [2.75, 3.05) is 11.6 Å². The molecule has 0 saturated heterocycles. The summed E-state index contributed by atoms with van der Waals surface area (Å²) < 4.78 is 23.5. The molecule has 112 valence electrons. The zero-order valence-electron chi connectivity index (χ0n) is 12.2. The van der Waals surface area contributed by atoms with Crippen molar-refractivity contribution in [3.63, 3.8) is 0 Å². The molecule has 0 amide bonds. The average molecular weight is 299 g/mol. The van der Waals surface area contributed by atoms with Gasteiger partial charge in [-0.15, -0.1) is 0 Å². The third kappa shape index (κ3) is 4.52. The largest absolute Gasteiger partial charge is 0.481 e. The number of hydrogen-bond donors (Lipinski definition) is 2. The lowest BCUT2D eigenvalue weighted by Crippen LogP contribution is -2.36. The molecule has 0 fully saturated rings. The molecule has 0 aromatic heterocycles. The Bertz CT molecular complexity index is 587. The van der Waals surface area contributed by atoms with Crippen molar-refractivity contribution < 1.29 is 18.3 Å². The van der Waals surface area contributed by atoms with Crippen LogP contribution in [0, 0.1) is 5.41 Å². The van der Waals surface area contributed by atoms with E-state index in [9.17, 15) is 13.2 Å². The highest BCUT2D eigenvalue weighted by atomic mass is 32.2. The van der Waals surface area contributed by atoms with Gasteiger partial charge in [0, 0.05) is 12.3 Å². The molecular weight excluding hydrogens is 278 g/mol. The van der Waals surface area contributed by atoms with Gasteiger partial charge in [-0.05, 0) is 17.5 Å². The topological polar surface area (TPSA) is 83.5 Å². The summed E-state index contributed by atoms with van der Waals surface area (Å²) in [5.74, 6) is -0.922. The Morgan fingerprint density at radius 2 is 1.85 bits per heavy atom. The minimum Gasteiger partial charge on any atom is -0.481 e. The Morgan fingerprint density at radius 3 is 2.30 bits per heavy atom. The van der Waals surface area contributed by atoms with Crippen molar-refractivity contribution in [3.05, 3.63) is 24.3 Å². The standard InChI is InChI=1S/C14H21NO4S/c1-14(2,3)12(9-13(16)17)15-10-7-5-6-8-11(10)20(4,18)19/h5-8,12,15H,9H2,1-4H3,(H,16,17). The van der Waals surface area contributed by atoms with Crippen LogP contribution >= 0.6 is 0 Å². The van der Waals surface area contributed by atoms with E-state index in [1.165, 1.54) is 6.07 Å². The maximum absolute atomic E-state index is 11.8. The Kier molecular flexibility index (Phi) is 4.81. The quantitative estimate of drug-likeness (QED) is 0.872. The summed E-state index contributed by atoms with van der Waals surface area (Å²) in [7, 11) is -3.36. The van der Waals surface area contributed by atoms with E-state index in [-0.39, 0.29) is 22.8 Å². The van der Waals surface area contributed by atoms with Crippen LogP contribution in [-0.2, 0) is 14.6 Å². The summed E-state index contributed by atoms with van der Waals surface area (Å²) >= 11 is 0. The molecule has 20 heavy (non-hydrogen) atoms. The minimum absolute atomic E-state index is 0.0817. The number of sulfone groups is 1. The zero-order valence-corrected chi connectivity index (χ0v) is 13.0. The van der Waals surface area contributed by atoms with Gasteiger partial charge in [0.1, 0.15) is 0 Å². The highest BCUT2D eigenvalue weighted by Crippen LogP contribution is 2.29. The predicted molar refractivity (Wildman–Crippen MR) is 78.7 cm³/mol. The van der Waals surface area contributed by atoms with Crippen LogP contribution in [0.1, 0.15) is 27.2 Å². The van der Waals surface area contributed by atoms with Gasteiger partial charge in [-0.3, -0.25) is 4.79 Å². The number of anilines is 1. The number of carboxylic acid groups (broad SMARTS) is 1. The number of nitrogens with one attached hydrogen (secondary N) is 1. The van der Waals surface area contributed by atoms with Crippen molar-refractivity contribution in [1.29, 1.82) is 0 Å². The SMILES string of the molecule is CC(C)(C)C(CC(=O)O)Nc1ccccc1S(C)(=O)=O. The molecule has 0 aliphatic heterocycles. The molecule has 1 unspecified atom stereocenters. The predicted octanol–water partition coefficient (Wildman–Crippen LogP) is 2.39. The van der Waals surface area contributed by atoms with Gasteiger partial charge in [0.25, 0.3) is 0 Å². The van der Waals surface area contributed by atoms with Crippen molar-refractivity contribution in [1.82, 2.24) is 0 Å². The van der Waals surface area contributed by atoms with E-state index in [2.05, 4.69) is 5.32 Å². The van der Waals surface area contributed by atoms with E-state index in [4.69, 9.17) is 5.11 Å². The monoisotopic (exact) mass is 299 g/mol. The van der Waals surface area contributed by atoms with E-state index >= 15 is 0 Å². The number of aliphatic carboxylic acids is 1. The summed E-state index contributed by atoms with van der Waals surface area (Å²) in [4.78, 5) is 11.2. The highest BCUT2D eigenvalue weighted by Gasteiger charge is 2.28. The molecule has 0 aliphatic rings. The third-order valence-corrected chi connectivity index (χ3v) is 4.20. The summed E-state index contributed by atoms with van der Waals surface area (Å²) in [6.07, 6.45) is 1.05. The maximum Gasteiger partial charge on any atom is 0.305 e. The Labute approximate surface area is 119 Å². The van der Waals surface area contributed by atoms with E-state index in [0.29, 0.717) is 5.69 Å². The number of para-hydroxylation sites is 1. The van der Waals surface area contributed by atoms with Crippen molar-refractivity contribution in [2.24, 2.45) is 5.41 Å². The number of carboxylic acids is 1. The average Bonchev–Trinajstić information content (AvgIpc) is 2.25. The van der Waals surface area contributed by atoms with E-state index in [0.717, 1.165) is 6.26 Å². The van der Waals surface area contributed by atoms with Crippen molar-refractivity contribution >= 4 is 21.5 Å². The van der Waals surface area contributed by atoms with Gasteiger partial charge in [0.2, 0.25) is 0 Å². The Morgan fingerprint density at radius 1 is 1.30 bits per heavy atom. The lowest BCUT2D eigenvalue weighted by Gasteiger charge is -2.31. The molecule has 0 aliphatic carbocycles. The molecule has 0 bridgehead atoms. The van der Waals surface area contributed by atoms with Crippen LogP contribution in [0.3, 0.4) is 0 Å². The van der Waals surface area contributed by atoms with E-state index in [1.54, 1.807) is 18.2 Å². The molecule has 0 saturated carbocycles. The zero-order chi connectivity index (χ0) is 15.6. The lowest BCUT2D eigenvalue weighted by atomic mass is 9.84. The Balaban J connectivity index is 3.16. The van der Waals surface area contributed by atoms with Crippen molar-refractivity contribution in [3.8, 4) is 0 Å². The first-order valence-corrected chi connectivity index (χ1v) is 8.18. The molecule has 1 atom stereocenters. The van der Waals surface area contributed by atoms with Crippen LogP contribution < -0.4 is 5.32 Å². The first-order chi connectivity index (χ1) is 9.01. The molecule has 6 heteroatoms.